The van der Waals surface area contributed by atoms with Gasteiger partial charge in [0, 0.05) is 12.1 Å². The number of esters is 1. The van der Waals surface area contributed by atoms with Crippen molar-refractivity contribution in [1.82, 2.24) is 0 Å². The van der Waals surface area contributed by atoms with E-state index >= 15 is 0 Å². The predicted molar refractivity (Wildman–Crippen MR) is 81.4 cm³/mol. The van der Waals surface area contributed by atoms with Crippen molar-refractivity contribution in [2.45, 2.75) is 0 Å². The number of carbonyl (C=O) groups excluding carboxylic acids is 2. The number of hydrogen-bond acceptors (Lipinski definition) is 3. The van der Waals surface area contributed by atoms with Gasteiger partial charge in [0.2, 0.25) is 0 Å². The molecule has 0 saturated heterocycles. The number of hydrogen-bond donors (Lipinski definition) is 1. The van der Waals surface area contributed by atoms with Gasteiger partial charge in [-0.1, -0.05) is 12.1 Å². The third kappa shape index (κ3) is 5.28. The SMILES string of the molecule is O=C(COC(=O)/C=C/c1ccc(F)cc1)Nc1ccc(F)cc1F. The minimum Gasteiger partial charge on any atom is -0.452 e. The molecule has 0 bridgehead atoms. The molecule has 2 rings (SSSR count). The van der Waals surface area contributed by atoms with Crippen LogP contribution in [0.15, 0.2) is 48.5 Å². The summed E-state index contributed by atoms with van der Waals surface area (Å²) in [7, 11) is 0. The molecule has 0 aromatic heterocycles. The van der Waals surface area contributed by atoms with E-state index in [0.717, 1.165) is 18.2 Å². The van der Waals surface area contributed by atoms with Gasteiger partial charge < -0.3 is 10.1 Å². The van der Waals surface area contributed by atoms with E-state index in [4.69, 9.17) is 0 Å². The highest BCUT2D eigenvalue weighted by Gasteiger charge is 2.09. The van der Waals surface area contributed by atoms with Crippen molar-refractivity contribution in [3.8, 4) is 0 Å². The highest BCUT2D eigenvalue weighted by atomic mass is 19.1. The first-order valence-electron chi connectivity index (χ1n) is 6.79. The number of nitrogens with one attached hydrogen (secondary N) is 1. The molecule has 2 aromatic carbocycles. The van der Waals surface area contributed by atoms with Crippen LogP contribution in [0.1, 0.15) is 5.56 Å². The van der Waals surface area contributed by atoms with Gasteiger partial charge in [0.1, 0.15) is 17.5 Å². The summed E-state index contributed by atoms with van der Waals surface area (Å²) in [4.78, 5) is 23.0. The van der Waals surface area contributed by atoms with E-state index in [9.17, 15) is 22.8 Å². The van der Waals surface area contributed by atoms with Gasteiger partial charge in [0.15, 0.2) is 6.61 Å². The zero-order valence-electron chi connectivity index (χ0n) is 12.3. The van der Waals surface area contributed by atoms with Gasteiger partial charge in [-0.05, 0) is 35.9 Å². The normalized spacial score (nSPS) is 10.6. The smallest absolute Gasteiger partial charge is 0.331 e. The molecule has 124 valence electrons. The van der Waals surface area contributed by atoms with Crippen LogP contribution < -0.4 is 5.32 Å². The third-order valence-electron chi connectivity index (χ3n) is 2.83. The second kappa shape index (κ2) is 7.96. The quantitative estimate of drug-likeness (QED) is 0.674. The summed E-state index contributed by atoms with van der Waals surface area (Å²) < 4.78 is 43.5. The monoisotopic (exact) mass is 335 g/mol. The van der Waals surface area contributed by atoms with Crippen LogP contribution in [-0.2, 0) is 14.3 Å². The summed E-state index contributed by atoms with van der Waals surface area (Å²) in [5.74, 6) is -3.69. The number of carbonyl (C=O) groups is 2. The average molecular weight is 335 g/mol. The predicted octanol–water partition coefficient (Wildman–Crippen LogP) is 3.30. The Hall–Kier alpha value is -3.09. The maximum absolute atomic E-state index is 13.3. The zero-order chi connectivity index (χ0) is 17.5. The minimum atomic E-state index is -0.939. The number of benzene rings is 2. The number of rotatable bonds is 5. The lowest BCUT2D eigenvalue weighted by Gasteiger charge is -2.06. The van der Waals surface area contributed by atoms with E-state index in [1.54, 1.807) is 0 Å². The van der Waals surface area contributed by atoms with Crippen molar-refractivity contribution in [2.24, 2.45) is 0 Å². The van der Waals surface area contributed by atoms with Gasteiger partial charge in [-0.3, -0.25) is 4.79 Å². The zero-order valence-corrected chi connectivity index (χ0v) is 12.3. The number of halogens is 3. The van der Waals surface area contributed by atoms with E-state index in [0.29, 0.717) is 11.6 Å². The van der Waals surface area contributed by atoms with Crippen molar-refractivity contribution in [3.63, 3.8) is 0 Å². The maximum atomic E-state index is 13.3. The van der Waals surface area contributed by atoms with Gasteiger partial charge in [0.25, 0.3) is 5.91 Å². The van der Waals surface area contributed by atoms with E-state index in [1.165, 1.54) is 30.3 Å². The molecule has 0 fully saturated rings. The van der Waals surface area contributed by atoms with Crippen LogP contribution in [0.4, 0.5) is 18.9 Å². The summed E-state index contributed by atoms with van der Waals surface area (Å²) in [5, 5.41) is 2.15. The Bertz CT molecular complexity index is 773. The van der Waals surface area contributed by atoms with Gasteiger partial charge in [-0.2, -0.15) is 0 Å². The fraction of sp³-hybridized carbons (Fsp3) is 0.0588. The summed E-state index contributed by atoms with van der Waals surface area (Å²) in [6.07, 6.45) is 2.46. The second-order valence-electron chi connectivity index (χ2n) is 4.66. The molecule has 7 heteroatoms. The van der Waals surface area contributed by atoms with Crippen LogP contribution in [0.3, 0.4) is 0 Å². The fourth-order valence-corrected chi connectivity index (χ4v) is 1.70. The molecule has 4 nitrogen and oxygen atoms in total. The van der Waals surface area contributed by atoms with Crippen molar-refractivity contribution in [2.75, 3.05) is 11.9 Å². The molecule has 2 aromatic rings. The lowest BCUT2D eigenvalue weighted by Crippen LogP contribution is -2.20. The summed E-state index contributed by atoms with van der Waals surface area (Å²) >= 11 is 0. The minimum absolute atomic E-state index is 0.223. The molecule has 24 heavy (non-hydrogen) atoms. The molecule has 0 aliphatic heterocycles. The Balaban J connectivity index is 1.82. The maximum Gasteiger partial charge on any atom is 0.331 e. The summed E-state index contributed by atoms with van der Waals surface area (Å²) in [6, 6.07) is 8.04. The molecular weight excluding hydrogens is 323 g/mol. The van der Waals surface area contributed by atoms with Crippen LogP contribution >= 0.6 is 0 Å². The van der Waals surface area contributed by atoms with Crippen molar-refractivity contribution >= 4 is 23.6 Å². The Labute approximate surface area is 135 Å². The van der Waals surface area contributed by atoms with Crippen LogP contribution in [-0.4, -0.2) is 18.5 Å². The highest BCUT2D eigenvalue weighted by molar-refractivity contribution is 5.94. The second-order valence-corrected chi connectivity index (χ2v) is 4.66. The first kappa shape index (κ1) is 17.3. The van der Waals surface area contributed by atoms with Gasteiger partial charge >= 0.3 is 5.97 Å². The molecule has 0 atom stereocenters. The van der Waals surface area contributed by atoms with Crippen LogP contribution in [0.25, 0.3) is 6.08 Å². The Kier molecular flexibility index (Phi) is 5.73. The van der Waals surface area contributed by atoms with Crippen LogP contribution in [0.5, 0.6) is 0 Å². The number of amides is 1. The van der Waals surface area contributed by atoms with Crippen LogP contribution in [0.2, 0.25) is 0 Å². The first-order chi connectivity index (χ1) is 11.4. The third-order valence-corrected chi connectivity index (χ3v) is 2.83. The van der Waals surface area contributed by atoms with Crippen molar-refractivity contribution in [1.29, 1.82) is 0 Å². The number of anilines is 1. The Morgan fingerprint density at radius 3 is 2.33 bits per heavy atom. The lowest BCUT2D eigenvalue weighted by molar-refractivity contribution is -0.142. The van der Waals surface area contributed by atoms with Crippen LogP contribution in [0, 0.1) is 17.5 Å². The summed E-state index contributed by atoms with van der Waals surface area (Å²) in [5.41, 5.74) is 0.352. The van der Waals surface area contributed by atoms with Gasteiger partial charge in [-0.15, -0.1) is 0 Å². The lowest BCUT2D eigenvalue weighted by atomic mass is 10.2. The molecule has 0 saturated carbocycles. The molecule has 0 heterocycles. The van der Waals surface area contributed by atoms with E-state index < -0.39 is 35.9 Å². The first-order valence-corrected chi connectivity index (χ1v) is 6.79. The fourth-order valence-electron chi connectivity index (χ4n) is 1.70. The molecule has 0 radical (unpaired) electrons. The standard InChI is InChI=1S/C17H12F3NO3/c18-12-4-1-11(2-5-12)3-8-17(23)24-10-16(22)21-15-7-6-13(19)9-14(15)20/h1-9H,10H2,(H,21,22)/b8-3+. The van der Waals surface area contributed by atoms with E-state index in [1.807, 2.05) is 0 Å². The molecular formula is C17H12F3NO3. The molecule has 1 N–H and O–H groups in total. The van der Waals surface area contributed by atoms with Gasteiger partial charge in [-0.25, -0.2) is 18.0 Å². The molecule has 0 aliphatic carbocycles. The topological polar surface area (TPSA) is 55.4 Å². The highest BCUT2D eigenvalue weighted by Crippen LogP contribution is 2.14. The van der Waals surface area contributed by atoms with Crippen molar-refractivity contribution in [3.05, 3.63) is 71.6 Å². The Morgan fingerprint density at radius 1 is 1.00 bits per heavy atom. The summed E-state index contributed by atoms with van der Waals surface area (Å²) in [6.45, 7) is -0.636. The molecule has 0 spiro atoms. The largest absolute Gasteiger partial charge is 0.452 e. The average Bonchev–Trinajstić information content (AvgIpc) is 2.55. The molecule has 1 amide bonds. The number of ether oxygens (including phenoxy) is 1. The van der Waals surface area contributed by atoms with Crippen molar-refractivity contribution < 1.29 is 27.5 Å². The molecule has 0 aliphatic rings. The van der Waals surface area contributed by atoms with Gasteiger partial charge in [0.05, 0.1) is 5.69 Å². The van der Waals surface area contributed by atoms with E-state index in [2.05, 4.69) is 10.1 Å². The Morgan fingerprint density at radius 2 is 1.67 bits per heavy atom. The molecule has 0 unspecified atom stereocenters. The van der Waals surface area contributed by atoms with E-state index in [-0.39, 0.29) is 5.69 Å².